The Bertz CT molecular complexity index is 909. The molecular formula is C28H38O6. The van der Waals surface area contributed by atoms with Gasteiger partial charge in [0.15, 0.2) is 17.3 Å². The number of rotatable bonds is 16. The van der Waals surface area contributed by atoms with Crippen molar-refractivity contribution in [3.63, 3.8) is 0 Å². The molecule has 0 amide bonds. The van der Waals surface area contributed by atoms with Crippen LogP contribution in [-0.4, -0.2) is 41.3 Å². The third-order valence-corrected chi connectivity index (χ3v) is 5.75. The number of benzene rings is 2. The predicted molar refractivity (Wildman–Crippen MR) is 135 cm³/mol. The number of aryl methyl sites for hydroxylation is 1. The lowest BCUT2D eigenvalue weighted by molar-refractivity contribution is 0.104. The van der Waals surface area contributed by atoms with Crippen molar-refractivity contribution in [3.05, 3.63) is 53.6 Å². The van der Waals surface area contributed by atoms with E-state index in [9.17, 15) is 4.79 Å². The van der Waals surface area contributed by atoms with Gasteiger partial charge >= 0.3 is 0 Å². The van der Waals surface area contributed by atoms with Gasteiger partial charge in [-0.3, -0.25) is 4.79 Å². The van der Waals surface area contributed by atoms with Gasteiger partial charge in [0, 0.05) is 0 Å². The van der Waals surface area contributed by atoms with E-state index in [2.05, 4.69) is 0 Å². The van der Waals surface area contributed by atoms with Crippen molar-refractivity contribution < 1.29 is 28.5 Å². The number of ether oxygens (including phenoxy) is 5. The molecule has 34 heavy (non-hydrogen) atoms. The van der Waals surface area contributed by atoms with Gasteiger partial charge in [-0.2, -0.15) is 0 Å². The molecular weight excluding hydrogens is 432 g/mol. The lowest BCUT2D eigenvalue weighted by atomic mass is 10.0. The molecule has 0 bridgehead atoms. The standard InChI is InChI=1S/C28H38O6/c1-30-22-16-17-25(31-2)23(20-22)24(29)15-13-11-9-7-6-8-10-12-14-21-18-26(32-3)28(34-5)27(19-21)33-4/h13,15-20H,6-12,14H2,1-5H3. The van der Waals surface area contributed by atoms with Gasteiger partial charge in [-0.15, -0.1) is 0 Å². The highest BCUT2D eigenvalue weighted by molar-refractivity contribution is 6.06. The molecule has 0 spiro atoms. The monoisotopic (exact) mass is 470 g/mol. The van der Waals surface area contributed by atoms with E-state index in [1.165, 1.54) is 24.8 Å². The van der Waals surface area contributed by atoms with Crippen LogP contribution in [-0.2, 0) is 6.42 Å². The molecule has 186 valence electrons. The summed E-state index contributed by atoms with van der Waals surface area (Å²) >= 11 is 0. The van der Waals surface area contributed by atoms with Crippen LogP contribution in [0.4, 0.5) is 0 Å². The van der Waals surface area contributed by atoms with E-state index in [0.717, 1.165) is 32.1 Å². The molecule has 0 saturated carbocycles. The van der Waals surface area contributed by atoms with Gasteiger partial charge < -0.3 is 23.7 Å². The second-order valence-electron chi connectivity index (χ2n) is 8.03. The summed E-state index contributed by atoms with van der Waals surface area (Å²) in [6, 6.07) is 9.29. The van der Waals surface area contributed by atoms with Crippen LogP contribution in [0.25, 0.3) is 0 Å². The zero-order valence-electron chi connectivity index (χ0n) is 21.1. The molecule has 0 aromatic heterocycles. The Morgan fingerprint density at radius 3 is 1.91 bits per heavy atom. The van der Waals surface area contributed by atoms with Crippen molar-refractivity contribution in [1.82, 2.24) is 0 Å². The van der Waals surface area contributed by atoms with E-state index in [1.807, 2.05) is 18.2 Å². The first kappa shape index (κ1) is 27.1. The molecule has 2 aromatic rings. The zero-order chi connectivity index (χ0) is 24.8. The Balaban J connectivity index is 1.66. The van der Waals surface area contributed by atoms with Crippen LogP contribution in [0.2, 0.25) is 0 Å². The predicted octanol–water partition coefficient (Wildman–Crippen LogP) is 6.44. The molecule has 0 saturated heterocycles. The number of ketones is 1. The van der Waals surface area contributed by atoms with Crippen LogP contribution in [0.5, 0.6) is 28.7 Å². The first-order valence-corrected chi connectivity index (χ1v) is 11.8. The fourth-order valence-corrected chi connectivity index (χ4v) is 3.86. The number of hydrogen-bond donors (Lipinski definition) is 0. The molecule has 0 atom stereocenters. The second kappa shape index (κ2) is 14.9. The van der Waals surface area contributed by atoms with Crippen molar-refractivity contribution in [3.8, 4) is 28.7 Å². The van der Waals surface area contributed by atoms with Gasteiger partial charge in [-0.25, -0.2) is 0 Å². The Hall–Kier alpha value is -3.15. The summed E-state index contributed by atoms with van der Waals surface area (Å²) in [5.41, 5.74) is 1.71. The topological polar surface area (TPSA) is 63.2 Å². The zero-order valence-corrected chi connectivity index (χ0v) is 21.1. The van der Waals surface area contributed by atoms with Gasteiger partial charge in [0.25, 0.3) is 0 Å². The highest BCUT2D eigenvalue weighted by Gasteiger charge is 2.13. The quantitative estimate of drug-likeness (QED) is 0.160. The molecule has 0 heterocycles. The Kier molecular flexibility index (Phi) is 11.9. The molecule has 0 fully saturated rings. The Morgan fingerprint density at radius 2 is 1.32 bits per heavy atom. The smallest absolute Gasteiger partial charge is 0.203 e. The number of methoxy groups -OCH3 is 5. The summed E-state index contributed by atoms with van der Waals surface area (Å²) in [6.45, 7) is 0. The first-order valence-electron chi connectivity index (χ1n) is 11.8. The maximum Gasteiger partial charge on any atom is 0.203 e. The van der Waals surface area contributed by atoms with Crippen LogP contribution in [0.1, 0.15) is 60.9 Å². The fraction of sp³-hybridized carbons (Fsp3) is 0.464. The second-order valence-corrected chi connectivity index (χ2v) is 8.03. The minimum absolute atomic E-state index is 0.0671. The third-order valence-electron chi connectivity index (χ3n) is 5.75. The lowest BCUT2D eigenvalue weighted by Gasteiger charge is -2.14. The van der Waals surface area contributed by atoms with E-state index < -0.39 is 0 Å². The molecule has 0 aliphatic carbocycles. The molecule has 6 nitrogen and oxygen atoms in total. The summed E-state index contributed by atoms with van der Waals surface area (Å²) in [6.07, 6.45) is 12.4. The molecule has 0 unspecified atom stereocenters. The van der Waals surface area contributed by atoms with Gasteiger partial charge in [0.2, 0.25) is 5.75 Å². The minimum Gasteiger partial charge on any atom is -0.497 e. The summed E-state index contributed by atoms with van der Waals surface area (Å²) in [7, 11) is 8.04. The molecule has 6 heteroatoms. The summed E-state index contributed by atoms with van der Waals surface area (Å²) in [5.74, 6) is 3.17. The fourth-order valence-electron chi connectivity index (χ4n) is 3.86. The van der Waals surface area contributed by atoms with Crippen LogP contribution >= 0.6 is 0 Å². The minimum atomic E-state index is -0.0671. The van der Waals surface area contributed by atoms with E-state index in [1.54, 1.807) is 59.8 Å². The normalized spacial score (nSPS) is 10.9. The summed E-state index contributed by atoms with van der Waals surface area (Å²) < 4.78 is 26.7. The van der Waals surface area contributed by atoms with Gasteiger partial charge in [0.1, 0.15) is 11.5 Å². The maximum atomic E-state index is 12.5. The lowest BCUT2D eigenvalue weighted by Crippen LogP contribution is -1.99. The molecule has 0 aliphatic rings. The van der Waals surface area contributed by atoms with Crippen molar-refractivity contribution in [2.24, 2.45) is 0 Å². The van der Waals surface area contributed by atoms with Crippen molar-refractivity contribution in [1.29, 1.82) is 0 Å². The SMILES string of the molecule is COc1ccc(OC)c(C(=O)C=CCCCCCCCCc2cc(OC)c(OC)c(OC)c2)c1. The Labute approximate surface area is 203 Å². The summed E-state index contributed by atoms with van der Waals surface area (Å²) in [5, 5.41) is 0. The Morgan fingerprint density at radius 1 is 0.706 bits per heavy atom. The van der Waals surface area contributed by atoms with E-state index in [-0.39, 0.29) is 5.78 Å². The van der Waals surface area contributed by atoms with Crippen molar-refractivity contribution in [2.75, 3.05) is 35.5 Å². The van der Waals surface area contributed by atoms with Gasteiger partial charge in [-0.1, -0.05) is 31.8 Å². The highest BCUT2D eigenvalue weighted by atomic mass is 16.5. The molecule has 0 radical (unpaired) electrons. The molecule has 2 aromatic carbocycles. The largest absolute Gasteiger partial charge is 0.497 e. The highest BCUT2D eigenvalue weighted by Crippen LogP contribution is 2.38. The average Bonchev–Trinajstić information content (AvgIpc) is 2.88. The number of carbonyl (C=O) groups is 1. The molecule has 2 rings (SSSR count). The summed E-state index contributed by atoms with van der Waals surface area (Å²) in [4.78, 5) is 12.5. The molecule has 0 aliphatic heterocycles. The van der Waals surface area contributed by atoms with E-state index in [4.69, 9.17) is 23.7 Å². The number of unbranched alkanes of at least 4 members (excludes halogenated alkanes) is 6. The van der Waals surface area contributed by atoms with Gasteiger partial charge in [-0.05, 0) is 67.7 Å². The van der Waals surface area contributed by atoms with E-state index >= 15 is 0 Å². The van der Waals surface area contributed by atoms with Crippen LogP contribution < -0.4 is 23.7 Å². The van der Waals surface area contributed by atoms with Gasteiger partial charge in [0.05, 0.1) is 41.1 Å². The number of carbonyl (C=O) groups excluding carboxylic acids is 1. The number of hydrogen-bond acceptors (Lipinski definition) is 6. The molecule has 0 N–H and O–H groups in total. The van der Waals surface area contributed by atoms with Crippen LogP contribution in [0, 0.1) is 0 Å². The van der Waals surface area contributed by atoms with Crippen LogP contribution in [0.3, 0.4) is 0 Å². The van der Waals surface area contributed by atoms with Crippen LogP contribution in [0.15, 0.2) is 42.5 Å². The van der Waals surface area contributed by atoms with E-state index in [0.29, 0.717) is 34.3 Å². The third kappa shape index (κ3) is 8.01. The average molecular weight is 471 g/mol. The number of allylic oxidation sites excluding steroid dienone is 2. The maximum absolute atomic E-state index is 12.5. The van der Waals surface area contributed by atoms with Crippen molar-refractivity contribution >= 4 is 5.78 Å². The first-order chi connectivity index (χ1) is 16.6. The van der Waals surface area contributed by atoms with Crippen molar-refractivity contribution in [2.45, 2.75) is 51.4 Å².